The molecule has 94 valence electrons. The molecule has 0 amide bonds. The number of nitrogens with one attached hydrogen (secondary N) is 1. The molecule has 0 fully saturated rings. The Morgan fingerprint density at radius 3 is 2.83 bits per heavy atom. The van der Waals surface area contributed by atoms with Crippen LogP contribution in [0.1, 0.15) is 30.1 Å². The van der Waals surface area contributed by atoms with Gasteiger partial charge in [-0.15, -0.1) is 0 Å². The van der Waals surface area contributed by atoms with Crippen LogP contribution in [-0.4, -0.2) is 17.9 Å². The van der Waals surface area contributed by atoms with Crippen molar-refractivity contribution in [2.24, 2.45) is 0 Å². The minimum Gasteiger partial charge on any atom is -0.497 e. The Labute approximate surface area is 105 Å². The second kappa shape index (κ2) is 5.04. The molecule has 1 aromatic heterocycles. The van der Waals surface area contributed by atoms with E-state index in [9.17, 15) is 9.59 Å². The molecule has 2 aromatic rings. The molecule has 0 aliphatic carbocycles. The standard InChI is InChI=1S/C14H15NO3/c1-3-4-13(16)11-8-15-12-7-9(18-2)5-6-10(12)14(11)17/h5-8H,3-4H2,1-2H3,(H,15,17). The highest BCUT2D eigenvalue weighted by Crippen LogP contribution is 2.17. The quantitative estimate of drug-likeness (QED) is 0.842. The number of methoxy groups -OCH3 is 1. The molecule has 1 N–H and O–H groups in total. The summed E-state index contributed by atoms with van der Waals surface area (Å²) in [7, 11) is 1.57. The van der Waals surface area contributed by atoms with Gasteiger partial charge < -0.3 is 9.72 Å². The number of ether oxygens (including phenoxy) is 1. The van der Waals surface area contributed by atoms with Crippen molar-refractivity contribution in [3.63, 3.8) is 0 Å². The summed E-state index contributed by atoms with van der Waals surface area (Å²) in [6.45, 7) is 1.91. The number of ketones is 1. The highest BCUT2D eigenvalue weighted by Gasteiger charge is 2.12. The van der Waals surface area contributed by atoms with Crippen LogP contribution in [0.2, 0.25) is 0 Å². The largest absolute Gasteiger partial charge is 0.497 e. The maximum atomic E-state index is 12.2. The fourth-order valence-electron chi connectivity index (χ4n) is 1.90. The summed E-state index contributed by atoms with van der Waals surface area (Å²) < 4.78 is 5.09. The molecule has 0 saturated heterocycles. The molecule has 1 aromatic carbocycles. The van der Waals surface area contributed by atoms with Crippen LogP contribution >= 0.6 is 0 Å². The number of aromatic amines is 1. The van der Waals surface area contributed by atoms with Crippen molar-refractivity contribution >= 4 is 16.7 Å². The average molecular weight is 245 g/mol. The van der Waals surface area contributed by atoms with Crippen LogP contribution in [0.4, 0.5) is 0 Å². The van der Waals surface area contributed by atoms with Gasteiger partial charge in [0.25, 0.3) is 0 Å². The molecule has 4 nitrogen and oxygen atoms in total. The number of carbonyl (C=O) groups excluding carboxylic acids is 1. The van der Waals surface area contributed by atoms with Crippen molar-refractivity contribution in [3.05, 3.63) is 40.2 Å². The minimum absolute atomic E-state index is 0.114. The van der Waals surface area contributed by atoms with Gasteiger partial charge in [-0.25, -0.2) is 0 Å². The normalized spacial score (nSPS) is 10.6. The van der Waals surface area contributed by atoms with Crippen LogP contribution in [-0.2, 0) is 0 Å². The third-order valence-electron chi connectivity index (χ3n) is 2.87. The molecule has 0 aliphatic heterocycles. The van der Waals surface area contributed by atoms with Crippen LogP contribution in [0.15, 0.2) is 29.2 Å². The third kappa shape index (κ3) is 2.14. The van der Waals surface area contributed by atoms with E-state index >= 15 is 0 Å². The van der Waals surface area contributed by atoms with Gasteiger partial charge in [0.2, 0.25) is 0 Å². The number of carbonyl (C=O) groups is 1. The van der Waals surface area contributed by atoms with E-state index in [1.807, 2.05) is 6.92 Å². The average Bonchev–Trinajstić information content (AvgIpc) is 2.38. The SMILES string of the molecule is CCCC(=O)c1c[nH]c2cc(OC)ccc2c1=O. The molecular formula is C14H15NO3. The van der Waals surface area contributed by atoms with Gasteiger partial charge in [0, 0.05) is 24.1 Å². The van der Waals surface area contributed by atoms with Crippen LogP contribution in [0.5, 0.6) is 5.75 Å². The van der Waals surface area contributed by atoms with E-state index in [0.717, 1.165) is 6.42 Å². The zero-order valence-corrected chi connectivity index (χ0v) is 10.4. The molecule has 2 rings (SSSR count). The van der Waals surface area contributed by atoms with E-state index in [0.29, 0.717) is 23.1 Å². The molecule has 0 unspecified atom stereocenters. The summed E-state index contributed by atoms with van der Waals surface area (Å²) in [5, 5.41) is 0.512. The summed E-state index contributed by atoms with van der Waals surface area (Å²) in [6.07, 6.45) is 2.62. The molecule has 4 heteroatoms. The predicted octanol–water partition coefficient (Wildman–Crippen LogP) is 2.52. The fraction of sp³-hybridized carbons (Fsp3) is 0.286. The molecule has 0 aliphatic rings. The maximum absolute atomic E-state index is 12.2. The second-order valence-corrected chi connectivity index (χ2v) is 4.12. The van der Waals surface area contributed by atoms with E-state index in [-0.39, 0.29) is 16.8 Å². The number of Topliss-reactive ketones (excluding diaryl/α,β-unsaturated/α-hetero) is 1. The number of hydrogen-bond donors (Lipinski definition) is 1. The Bertz CT molecular complexity index is 643. The van der Waals surface area contributed by atoms with Crippen molar-refractivity contribution in [2.45, 2.75) is 19.8 Å². The summed E-state index contributed by atoms with van der Waals surface area (Å²) >= 11 is 0. The molecule has 1 heterocycles. The monoisotopic (exact) mass is 245 g/mol. The van der Waals surface area contributed by atoms with Crippen molar-refractivity contribution in [2.75, 3.05) is 7.11 Å². The highest BCUT2D eigenvalue weighted by atomic mass is 16.5. The van der Waals surface area contributed by atoms with Gasteiger partial charge in [0.15, 0.2) is 11.2 Å². The van der Waals surface area contributed by atoms with Crippen LogP contribution in [0.3, 0.4) is 0 Å². The van der Waals surface area contributed by atoms with Gasteiger partial charge in [0.05, 0.1) is 18.2 Å². The summed E-state index contributed by atoms with van der Waals surface area (Å²) in [5.41, 5.74) is 0.687. The lowest BCUT2D eigenvalue weighted by Crippen LogP contribution is -2.15. The van der Waals surface area contributed by atoms with Gasteiger partial charge in [0.1, 0.15) is 5.75 Å². The molecule has 18 heavy (non-hydrogen) atoms. The summed E-state index contributed by atoms with van der Waals surface area (Å²) in [6, 6.07) is 5.13. The lowest BCUT2D eigenvalue weighted by Gasteiger charge is -2.04. The van der Waals surface area contributed by atoms with Crippen molar-refractivity contribution in [1.82, 2.24) is 4.98 Å². The Morgan fingerprint density at radius 1 is 1.39 bits per heavy atom. The number of pyridine rings is 1. The Kier molecular flexibility index (Phi) is 3.46. The first kappa shape index (κ1) is 12.4. The Hall–Kier alpha value is -2.10. The fourth-order valence-corrected chi connectivity index (χ4v) is 1.90. The van der Waals surface area contributed by atoms with E-state index in [2.05, 4.69) is 4.98 Å². The molecule has 0 atom stereocenters. The van der Waals surface area contributed by atoms with Gasteiger partial charge in [-0.05, 0) is 18.6 Å². The minimum atomic E-state index is -0.218. The van der Waals surface area contributed by atoms with E-state index in [1.54, 1.807) is 25.3 Å². The van der Waals surface area contributed by atoms with E-state index in [4.69, 9.17) is 4.74 Å². The van der Waals surface area contributed by atoms with Gasteiger partial charge in [-0.1, -0.05) is 6.92 Å². The molecule has 0 bridgehead atoms. The van der Waals surface area contributed by atoms with Crippen molar-refractivity contribution in [3.8, 4) is 5.75 Å². The topological polar surface area (TPSA) is 59.2 Å². The summed E-state index contributed by atoms with van der Waals surface area (Å²) in [4.78, 5) is 26.9. The predicted molar refractivity (Wildman–Crippen MR) is 70.4 cm³/mol. The molecule has 0 saturated carbocycles. The maximum Gasteiger partial charge on any atom is 0.200 e. The van der Waals surface area contributed by atoms with Crippen LogP contribution < -0.4 is 10.2 Å². The Balaban J connectivity index is 2.58. The van der Waals surface area contributed by atoms with Crippen molar-refractivity contribution in [1.29, 1.82) is 0 Å². The smallest absolute Gasteiger partial charge is 0.200 e. The number of rotatable bonds is 4. The first-order valence-electron chi connectivity index (χ1n) is 5.90. The third-order valence-corrected chi connectivity index (χ3v) is 2.87. The van der Waals surface area contributed by atoms with Crippen molar-refractivity contribution < 1.29 is 9.53 Å². The van der Waals surface area contributed by atoms with E-state index in [1.165, 1.54) is 6.20 Å². The highest BCUT2D eigenvalue weighted by molar-refractivity contribution is 5.98. The number of benzene rings is 1. The first-order valence-corrected chi connectivity index (χ1v) is 5.90. The molecule has 0 spiro atoms. The van der Waals surface area contributed by atoms with Gasteiger partial charge in [-0.2, -0.15) is 0 Å². The zero-order valence-electron chi connectivity index (χ0n) is 10.4. The number of H-pyrrole nitrogens is 1. The zero-order chi connectivity index (χ0) is 13.1. The van der Waals surface area contributed by atoms with Gasteiger partial charge >= 0.3 is 0 Å². The van der Waals surface area contributed by atoms with E-state index < -0.39 is 0 Å². The molecule has 0 radical (unpaired) electrons. The number of hydrogen-bond acceptors (Lipinski definition) is 3. The first-order chi connectivity index (χ1) is 8.67. The van der Waals surface area contributed by atoms with Crippen LogP contribution in [0, 0.1) is 0 Å². The Morgan fingerprint density at radius 2 is 2.17 bits per heavy atom. The summed E-state index contributed by atoms with van der Waals surface area (Å²) in [5.74, 6) is 0.558. The number of aromatic nitrogens is 1. The number of fused-ring (bicyclic) bond motifs is 1. The van der Waals surface area contributed by atoms with Gasteiger partial charge in [-0.3, -0.25) is 9.59 Å². The van der Waals surface area contributed by atoms with Crippen LogP contribution in [0.25, 0.3) is 10.9 Å². The lowest BCUT2D eigenvalue weighted by molar-refractivity contribution is 0.0980. The lowest BCUT2D eigenvalue weighted by atomic mass is 10.1. The molecular weight excluding hydrogens is 230 g/mol. The second-order valence-electron chi connectivity index (χ2n) is 4.12.